The number of hydrogen-bond donors (Lipinski definition) is 1. The number of hydrogen-bond acceptors (Lipinski definition) is 5. The second kappa shape index (κ2) is 9.82. The molecule has 1 atom stereocenters. The van der Waals surface area contributed by atoms with E-state index in [2.05, 4.69) is 65.4 Å². The predicted octanol–water partition coefficient (Wildman–Crippen LogP) is 4.19. The van der Waals surface area contributed by atoms with E-state index in [-0.39, 0.29) is 0 Å². The summed E-state index contributed by atoms with van der Waals surface area (Å²) in [5.74, 6) is 2.37. The first-order valence-electron chi connectivity index (χ1n) is 12.4. The molecule has 0 bridgehead atoms. The molecule has 3 heterocycles. The van der Waals surface area contributed by atoms with E-state index in [9.17, 15) is 0 Å². The van der Waals surface area contributed by atoms with E-state index in [0.717, 1.165) is 50.8 Å². The lowest BCUT2D eigenvalue weighted by atomic mass is 9.89. The van der Waals surface area contributed by atoms with Crippen LogP contribution < -0.4 is 14.8 Å². The molecule has 2 aromatic rings. The first kappa shape index (κ1) is 21.7. The van der Waals surface area contributed by atoms with Crippen molar-refractivity contribution in [3.8, 4) is 11.5 Å². The van der Waals surface area contributed by atoms with Crippen LogP contribution in [0.25, 0.3) is 0 Å². The molecule has 0 radical (unpaired) electrons. The molecule has 2 aromatic carbocycles. The maximum absolute atomic E-state index is 6.01. The molecular formula is C27H37N3O2. The molecule has 0 amide bonds. The van der Waals surface area contributed by atoms with Gasteiger partial charge in [-0.25, -0.2) is 0 Å². The highest BCUT2D eigenvalue weighted by Gasteiger charge is 2.35. The molecule has 5 rings (SSSR count). The SMILES string of the molecule is CC(C)c1ccccc1[C@H]1CN(Cc2cccc3c2OCCO3)CCN1C1CCNCC1. The van der Waals surface area contributed by atoms with Crippen LogP contribution in [0.5, 0.6) is 11.5 Å². The van der Waals surface area contributed by atoms with Crippen LogP contribution in [0.15, 0.2) is 42.5 Å². The summed E-state index contributed by atoms with van der Waals surface area (Å²) < 4.78 is 11.8. The van der Waals surface area contributed by atoms with Crippen LogP contribution in [0.3, 0.4) is 0 Å². The number of fused-ring (bicyclic) bond motifs is 1. The first-order chi connectivity index (χ1) is 15.7. The fourth-order valence-electron chi connectivity index (χ4n) is 5.69. The largest absolute Gasteiger partial charge is 0.486 e. The summed E-state index contributed by atoms with van der Waals surface area (Å²) in [5.41, 5.74) is 4.25. The minimum Gasteiger partial charge on any atom is -0.486 e. The number of nitrogens with one attached hydrogen (secondary N) is 1. The zero-order chi connectivity index (χ0) is 21.9. The van der Waals surface area contributed by atoms with Gasteiger partial charge in [-0.15, -0.1) is 0 Å². The minimum atomic E-state index is 0.433. The van der Waals surface area contributed by atoms with Gasteiger partial charge in [-0.2, -0.15) is 0 Å². The van der Waals surface area contributed by atoms with Crippen LogP contribution in [0.4, 0.5) is 0 Å². The van der Waals surface area contributed by atoms with E-state index in [0.29, 0.717) is 31.2 Å². The van der Waals surface area contributed by atoms with Gasteiger partial charge in [-0.3, -0.25) is 9.80 Å². The maximum atomic E-state index is 6.01. The summed E-state index contributed by atoms with van der Waals surface area (Å²) in [6.45, 7) is 12.4. The van der Waals surface area contributed by atoms with E-state index in [1.165, 1.54) is 29.5 Å². The Bertz CT molecular complexity index is 910. The third-order valence-electron chi connectivity index (χ3n) is 7.30. The Morgan fingerprint density at radius 2 is 1.78 bits per heavy atom. The van der Waals surface area contributed by atoms with Gasteiger partial charge < -0.3 is 14.8 Å². The molecule has 0 saturated carbocycles. The predicted molar refractivity (Wildman–Crippen MR) is 129 cm³/mol. The van der Waals surface area contributed by atoms with Crippen molar-refractivity contribution < 1.29 is 9.47 Å². The highest BCUT2D eigenvalue weighted by atomic mass is 16.6. The minimum absolute atomic E-state index is 0.433. The molecule has 3 aliphatic heterocycles. The van der Waals surface area contributed by atoms with Gasteiger partial charge in [0.05, 0.1) is 0 Å². The molecule has 5 heteroatoms. The molecule has 0 aliphatic carbocycles. The lowest BCUT2D eigenvalue weighted by molar-refractivity contribution is 0.0245. The molecule has 3 aliphatic rings. The summed E-state index contributed by atoms with van der Waals surface area (Å²) in [7, 11) is 0. The molecule has 5 nitrogen and oxygen atoms in total. The molecule has 32 heavy (non-hydrogen) atoms. The number of ether oxygens (including phenoxy) is 2. The second-order valence-electron chi connectivity index (χ2n) is 9.69. The van der Waals surface area contributed by atoms with Crippen molar-refractivity contribution in [2.45, 2.75) is 51.2 Å². The number of rotatable bonds is 5. The zero-order valence-electron chi connectivity index (χ0n) is 19.6. The summed E-state index contributed by atoms with van der Waals surface area (Å²) in [5, 5.41) is 3.55. The third-order valence-corrected chi connectivity index (χ3v) is 7.30. The van der Waals surface area contributed by atoms with Crippen molar-refractivity contribution in [3.63, 3.8) is 0 Å². The van der Waals surface area contributed by atoms with Crippen LogP contribution in [-0.2, 0) is 6.54 Å². The van der Waals surface area contributed by atoms with Crippen molar-refractivity contribution in [2.75, 3.05) is 45.9 Å². The second-order valence-corrected chi connectivity index (χ2v) is 9.69. The standard InChI is InChI=1S/C27H37N3O2/c1-20(2)23-7-3-4-8-24(23)25-19-29(14-15-30(25)22-10-12-28-13-11-22)18-21-6-5-9-26-27(21)32-17-16-31-26/h3-9,20,22,25,28H,10-19H2,1-2H3/t25-/m1/s1. The van der Waals surface area contributed by atoms with Crippen LogP contribution in [0, 0.1) is 0 Å². The van der Waals surface area contributed by atoms with Crippen molar-refractivity contribution in [1.29, 1.82) is 0 Å². The maximum Gasteiger partial charge on any atom is 0.165 e. The van der Waals surface area contributed by atoms with Gasteiger partial charge >= 0.3 is 0 Å². The Morgan fingerprint density at radius 3 is 2.62 bits per heavy atom. The van der Waals surface area contributed by atoms with Crippen molar-refractivity contribution in [1.82, 2.24) is 15.1 Å². The quantitative estimate of drug-likeness (QED) is 0.762. The Hall–Kier alpha value is -2.08. The highest BCUT2D eigenvalue weighted by Crippen LogP contribution is 2.37. The van der Waals surface area contributed by atoms with E-state index in [4.69, 9.17) is 9.47 Å². The van der Waals surface area contributed by atoms with Gasteiger partial charge in [0.2, 0.25) is 0 Å². The number of para-hydroxylation sites is 1. The molecule has 172 valence electrons. The lowest BCUT2D eigenvalue weighted by Gasteiger charge is -2.47. The van der Waals surface area contributed by atoms with Crippen molar-refractivity contribution in [2.24, 2.45) is 0 Å². The lowest BCUT2D eigenvalue weighted by Crippen LogP contribution is -2.54. The van der Waals surface area contributed by atoms with Gasteiger partial charge in [0.15, 0.2) is 11.5 Å². The number of piperidine rings is 1. The van der Waals surface area contributed by atoms with E-state index in [1.807, 2.05) is 6.07 Å². The topological polar surface area (TPSA) is 37.0 Å². The number of nitrogens with zero attached hydrogens (tertiary/aromatic N) is 2. The fraction of sp³-hybridized carbons (Fsp3) is 0.556. The first-order valence-corrected chi connectivity index (χ1v) is 12.4. The Kier molecular flexibility index (Phi) is 6.67. The van der Waals surface area contributed by atoms with Crippen molar-refractivity contribution in [3.05, 3.63) is 59.2 Å². The monoisotopic (exact) mass is 435 g/mol. The van der Waals surface area contributed by atoms with Gasteiger partial charge in [-0.05, 0) is 49.0 Å². The summed E-state index contributed by atoms with van der Waals surface area (Å²) in [4.78, 5) is 5.44. The van der Waals surface area contributed by atoms with E-state index in [1.54, 1.807) is 0 Å². The molecule has 1 N–H and O–H groups in total. The third kappa shape index (κ3) is 4.52. The van der Waals surface area contributed by atoms with Gasteiger partial charge in [0.1, 0.15) is 13.2 Å². The molecule has 0 spiro atoms. The average molecular weight is 436 g/mol. The summed E-state index contributed by atoms with van der Waals surface area (Å²) in [6.07, 6.45) is 2.50. The Morgan fingerprint density at radius 1 is 0.969 bits per heavy atom. The molecule has 0 aromatic heterocycles. The van der Waals surface area contributed by atoms with Crippen molar-refractivity contribution >= 4 is 0 Å². The Balaban J connectivity index is 1.41. The number of benzene rings is 2. The van der Waals surface area contributed by atoms with Crippen LogP contribution in [0.1, 0.15) is 55.3 Å². The van der Waals surface area contributed by atoms with Crippen LogP contribution >= 0.6 is 0 Å². The molecule has 0 unspecified atom stereocenters. The summed E-state index contributed by atoms with van der Waals surface area (Å²) in [6, 6.07) is 16.5. The fourth-order valence-corrected chi connectivity index (χ4v) is 5.69. The highest BCUT2D eigenvalue weighted by molar-refractivity contribution is 5.47. The van der Waals surface area contributed by atoms with Gasteiger partial charge in [0, 0.05) is 43.8 Å². The van der Waals surface area contributed by atoms with E-state index < -0.39 is 0 Å². The Labute approximate surface area is 192 Å². The smallest absolute Gasteiger partial charge is 0.165 e. The average Bonchev–Trinajstić information content (AvgIpc) is 2.85. The molecule has 2 fully saturated rings. The molecular weight excluding hydrogens is 398 g/mol. The molecule has 2 saturated heterocycles. The summed E-state index contributed by atoms with van der Waals surface area (Å²) >= 11 is 0. The zero-order valence-corrected chi connectivity index (χ0v) is 19.6. The van der Waals surface area contributed by atoms with Gasteiger partial charge in [0.25, 0.3) is 0 Å². The van der Waals surface area contributed by atoms with Crippen LogP contribution in [-0.4, -0.2) is 61.8 Å². The van der Waals surface area contributed by atoms with Crippen LogP contribution in [0.2, 0.25) is 0 Å². The van der Waals surface area contributed by atoms with Gasteiger partial charge in [-0.1, -0.05) is 50.2 Å². The number of piperazine rings is 1. The van der Waals surface area contributed by atoms with E-state index >= 15 is 0 Å². The normalized spacial score (nSPS) is 22.9.